The van der Waals surface area contributed by atoms with Crippen LogP contribution in [-0.2, 0) is 4.74 Å². The maximum Gasteiger partial charge on any atom is 0.348 e. The van der Waals surface area contributed by atoms with Gasteiger partial charge in [-0.25, -0.2) is 14.8 Å². The molecule has 0 bridgehead atoms. The van der Waals surface area contributed by atoms with Gasteiger partial charge in [-0.1, -0.05) is 6.92 Å². The Hall–Kier alpha value is -1.44. The molecule has 0 saturated heterocycles. The largest absolute Gasteiger partial charge is 0.462 e. The van der Waals surface area contributed by atoms with Crippen LogP contribution in [0.25, 0.3) is 10.2 Å². The number of aliphatic hydroxyl groups is 1. The van der Waals surface area contributed by atoms with Crippen molar-refractivity contribution in [1.29, 1.82) is 0 Å². The molecule has 0 spiro atoms. The standard InChI is InChI=1S/C14H18ClN3O3S/c1-4-8(6-19)16-11-9-7(3)10(13(20)21-5-2)22-12(9)18-14(15)17-11/h8,19H,4-6H2,1-3H3,(H,16,17,18). The second-order valence-electron chi connectivity index (χ2n) is 4.73. The molecule has 1 atom stereocenters. The minimum Gasteiger partial charge on any atom is -0.462 e. The van der Waals surface area contributed by atoms with Crippen LogP contribution in [0.5, 0.6) is 0 Å². The lowest BCUT2D eigenvalue weighted by molar-refractivity contribution is 0.0531. The number of nitrogens with one attached hydrogen (secondary N) is 1. The quantitative estimate of drug-likeness (QED) is 0.619. The lowest BCUT2D eigenvalue weighted by Crippen LogP contribution is -2.23. The summed E-state index contributed by atoms with van der Waals surface area (Å²) >= 11 is 7.19. The fourth-order valence-corrected chi connectivity index (χ4v) is 3.37. The number of aliphatic hydroxyl groups excluding tert-OH is 1. The Bertz CT molecular complexity index is 686. The monoisotopic (exact) mass is 343 g/mol. The number of nitrogens with zero attached hydrogens (tertiary/aromatic N) is 2. The van der Waals surface area contributed by atoms with Crippen LogP contribution in [0.3, 0.4) is 0 Å². The molecule has 0 aromatic carbocycles. The van der Waals surface area contributed by atoms with E-state index in [-0.39, 0.29) is 23.9 Å². The third-order valence-electron chi connectivity index (χ3n) is 3.28. The second-order valence-corrected chi connectivity index (χ2v) is 6.07. The van der Waals surface area contributed by atoms with Gasteiger partial charge < -0.3 is 15.2 Å². The Balaban J connectivity index is 2.54. The number of hydrogen-bond donors (Lipinski definition) is 2. The highest BCUT2D eigenvalue weighted by Gasteiger charge is 2.22. The Morgan fingerprint density at radius 2 is 2.18 bits per heavy atom. The summed E-state index contributed by atoms with van der Waals surface area (Å²) in [5, 5.41) is 13.3. The highest BCUT2D eigenvalue weighted by molar-refractivity contribution is 7.20. The zero-order valence-electron chi connectivity index (χ0n) is 12.6. The van der Waals surface area contributed by atoms with Gasteiger partial charge in [-0.15, -0.1) is 11.3 Å². The van der Waals surface area contributed by atoms with E-state index in [1.54, 1.807) is 6.92 Å². The summed E-state index contributed by atoms with van der Waals surface area (Å²) in [6.45, 7) is 5.84. The molecule has 0 aliphatic heterocycles. The van der Waals surface area contributed by atoms with Crippen molar-refractivity contribution in [2.45, 2.75) is 33.2 Å². The van der Waals surface area contributed by atoms with E-state index in [1.165, 1.54) is 11.3 Å². The Labute approximate surface area is 137 Å². The highest BCUT2D eigenvalue weighted by atomic mass is 35.5. The van der Waals surface area contributed by atoms with Gasteiger partial charge in [-0.2, -0.15) is 0 Å². The van der Waals surface area contributed by atoms with Crippen molar-refractivity contribution in [3.63, 3.8) is 0 Å². The average molecular weight is 344 g/mol. The number of esters is 1. The zero-order chi connectivity index (χ0) is 16.3. The Kier molecular flexibility index (Phi) is 5.55. The molecular weight excluding hydrogens is 326 g/mol. The molecule has 0 aliphatic rings. The number of fused-ring (bicyclic) bond motifs is 1. The molecule has 2 aromatic heterocycles. The highest BCUT2D eigenvalue weighted by Crippen LogP contribution is 2.35. The summed E-state index contributed by atoms with van der Waals surface area (Å²) in [5.74, 6) is 0.152. The number of rotatable bonds is 6. The van der Waals surface area contributed by atoms with Crippen LogP contribution in [-0.4, -0.2) is 40.3 Å². The summed E-state index contributed by atoms with van der Waals surface area (Å²) in [6, 6.07) is -0.139. The van der Waals surface area contributed by atoms with Gasteiger partial charge >= 0.3 is 5.97 Å². The molecule has 2 N–H and O–H groups in total. The molecule has 6 nitrogen and oxygen atoms in total. The van der Waals surface area contributed by atoms with Gasteiger partial charge in [-0.05, 0) is 37.4 Å². The zero-order valence-corrected chi connectivity index (χ0v) is 14.2. The average Bonchev–Trinajstić information content (AvgIpc) is 2.81. The summed E-state index contributed by atoms with van der Waals surface area (Å²) < 4.78 is 5.06. The first kappa shape index (κ1) is 16.9. The fraction of sp³-hybridized carbons (Fsp3) is 0.500. The molecule has 120 valence electrons. The van der Waals surface area contributed by atoms with Crippen molar-refractivity contribution in [3.8, 4) is 0 Å². The molecule has 1 unspecified atom stereocenters. The van der Waals surface area contributed by atoms with E-state index < -0.39 is 0 Å². The molecular formula is C14H18ClN3O3S. The summed E-state index contributed by atoms with van der Waals surface area (Å²) in [7, 11) is 0. The third-order valence-corrected chi connectivity index (χ3v) is 4.61. The van der Waals surface area contributed by atoms with Crippen LogP contribution in [0.15, 0.2) is 0 Å². The minimum atomic E-state index is -0.376. The first-order chi connectivity index (χ1) is 10.5. The van der Waals surface area contributed by atoms with E-state index in [0.717, 1.165) is 17.4 Å². The smallest absolute Gasteiger partial charge is 0.348 e. The van der Waals surface area contributed by atoms with Gasteiger partial charge in [0.1, 0.15) is 15.5 Å². The van der Waals surface area contributed by atoms with Crippen molar-refractivity contribution in [2.75, 3.05) is 18.5 Å². The van der Waals surface area contributed by atoms with E-state index in [4.69, 9.17) is 16.3 Å². The lowest BCUT2D eigenvalue weighted by atomic mass is 10.2. The van der Waals surface area contributed by atoms with E-state index in [2.05, 4.69) is 15.3 Å². The molecule has 2 rings (SSSR count). The van der Waals surface area contributed by atoms with Gasteiger partial charge in [0.25, 0.3) is 0 Å². The number of aryl methyl sites for hydroxylation is 1. The maximum absolute atomic E-state index is 12.0. The number of thiophene rings is 1. The molecule has 0 fully saturated rings. The number of hydrogen-bond acceptors (Lipinski definition) is 7. The molecule has 2 heterocycles. The van der Waals surface area contributed by atoms with Crippen LogP contribution in [0.2, 0.25) is 5.28 Å². The minimum absolute atomic E-state index is 0.0203. The maximum atomic E-state index is 12.0. The number of carbonyl (C=O) groups is 1. The normalized spacial score (nSPS) is 12.4. The van der Waals surface area contributed by atoms with Crippen LogP contribution < -0.4 is 5.32 Å². The van der Waals surface area contributed by atoms with Gasteiger partial charge in [0, 0.05) is 0 Å². The SMILES string of the molecule is CCOC(=O)c1sc2nc(Cl)nc(NC(CC)CO)c2c1C. The van der Waals surface area contributed by atoms with E-state index in [9.17, 15) is 9.90 Å². The third kappa shape index (κ3) is 3.31. The molecule has 2 aromatic rings. The first-order valence-electron chi connectivity index (χ1n) is 7.02. The van der Waals surface area contributed by atoms with E-state index in [1.807, 2.05) is 13.8 Å². The summed E-state index contributed by atoms with van der Waals surface area (Å²) in [6.07, 6.45) is 0.730. The van der Waals surface area contributed by atoms with E-state index >= 15 is 0 Å². The van der Waals surface area contributed by atoms with Gasteiger partial charge in [0.05, 0.1) is 24.6 Å². The molecule has 0 radical (unpaired) electrons. The number of anilines is 1. The number of ether oxygens (including phenoxy) is 1. The van der Waals surface area contributed by atoms with Crippen molar-refractivity contribution in [2.24, 2.45) is 0 Å². The topological polar surface area (TPSA) is 84.3 Å². The second kappa shape index (κ2) is 7.21. The Morgan fingerprint density at radius 1 is 1.45 bits per heavy atom. The van der Waals surface area contributed by atoms with Crippen molar-refractivity contribution >= 4 is 44.9 Å². The predicted octanol–water partition coefficient (Wildman–Crippen LogP) is 3.01. The van der Waals surface area contributed by atoms with Crippen molar-refractivity contribution in [3.05, 3.63) is 15.7 Å². The fourth-order valence-electron chi connectivity index (χ4n) is 2.08. The molecule has 0 saturated carbocycles. The van der Waals surface area contributed by atoms with Crippen LogP contribution in [0.4, 0.5) is 5.82 Å². The summed E-state index contributed by atoms with van der Waals surface area (Å²) in [5.41, 5.74) is 0.755. The van der Waals surface area contributed by atoms with Crippen LogP contribution in [0.1, 0.15) is 35.5 Å². The van der Waals surface area contributed by atoms with Crippen molar-refractivity contribution in [1.82, 2.24) is 9.97 Å². The molecule has 0 aliphatic carbocycles. The van der Waals surface area contributed by atoms with Crippen LogP contribution >= 0.6 is 22.9 Å². The van der Waals surface area contributed by atoms with E-state index in [0.29, 0.717) is 22.1 Å². The van der Waals surface area contributed by atoms with Crippen molar-refractivity contribution < 1.29 is 14.6 Å². The molecule has 8 heteroatoms. The number of carbonyl (C=O) groups excluding carboxylic acids is 1. The summed E-state index contributed by atoms with van der Waals surface area (Å²) in [4.78, 5) is 21.5. The number of halogens is 1. The predicted molar refractivity (Wildman–Crippen MR) is 87.9 cm³/mol. The molecule has 22 heavy (non-hydrogen) atoms. The van der Waals surface area contributed by atoms with Gasteiger partial charge in [0.15, 0.2) is 0 Å². The molecule has 0 amide bonds. The first-order valence-corrected chi connectivity index (χ1v) is 8.22. The van der Waals surface area contributed by atoms with Crippen LogP contribution in [0, 0.1) is 6.92 Å². The number of aromatic nitrogens is 2. The lowest BCUT2D eigenvalue weighted by Gasteiger charge is -2.15. The Morgan fingerprint density at radius 3 is 2.77 bits per heavy atom. The van der Waals surface area contributed by atoms with Gasteiger partial charge in [-0.3, -0.25) is 0 Å². The van der Waals surface area contributed by atoms with Gasteiger partial charge in [0.2, 0.25) is 5.28 Å².